The number of hydrogen-bond acceptors (Lipinski definition) is 3. The third-order valence-electron chi connectivity index (χ3n) is 4.61. The number of rotatable bonds is 6. The van der Waals surface area contributed by atoms with Gasteiger partial charge in [-0.15, -0.1) is 12.4 Å². The lowest BCUT2D eigenvalue weighted by Gasteiger charge is -2.29. The lowest BCUT2D eigenvalue weighted by atomic mass is 9.83. The number of hydrogen-bond donors (Lipinski definition) is 1. The molecule has 2 unspecified atom stereocenters. The Balaban J connectivity index is 0.00000264. The number of carbonyl (C=O) groups excluding carboxylic acids is 1. The molecule has 2 atom stereocenters. The summed E-state index contributed by atoms with van der Waals surface area (Å²) in [6.07, 6.45) is 5.11. The molecule has 5 heteroatoms. The van der Waals surface area contributed by atoms with Gasteiger partial charge in [-0.05, 0) is 37.3 Å². The Morgan fingerprint density at radius 1 is 1.30 bits per heavy atom. The Bertz CT molecular complexity index is 496. The summed E-state index contributed by atoms with van der Waals surface area (Å²) in [4.78, 5) is 14.0. The molecular weight excluding hydrogens is 312 g/mol. The Labute approximate surface area is 145 Å². The molecule has 0 bridgehead atoms. The molecule has 1 aliphatic carbocycles. The lowest BCUT2D eigenvalue weighted by Crippen LogP contribution is -2.38. The second-order valence-corrected chi connectivity index (χ2v) is 6.34. The van der Waals surface area contributed by atoms with Crippen LogP contribution in [0.3, 0.4) is 0 Å². The van der Waals surface area contributed by atoms with Crippen molar-refractivity contribution >= 4 is 18.3 Å². The zero-order valence-corrected chi connectivity index (χ0v) is 15.0. The summed E-state index contributed by atoms with van der Waals surface area (Å²) in [5, 5.41) is 0. The monoisotopic (exact) mass is 340 g/mol. The maximum atomic E-state index is 12.3. The maximum Gasteiger partial charge on any atom is 0.222 e. The minimum Gasteiger partial charge on any atom is -0.491 e. The predicted octanol–water partition coefficient (Wildman–Crippen LogP) is 3.16. The second kappa shape index (κ2) is 9.78. The summed E-state index contributed by atoms with van der Waals surface area (Å²) in [6.45, 7) is 3.15. The molecule has 0 spiro atoms. The minimum atomic E-state index is 0. The summed E-state index contributed by atoms with van der Waals surface area (Å²) in [7, 11) is 1.85. The zero-order valence-electron chi connectivity index (χ0n) is 14.2. The highest BCUT2D eigenvalue weighted by atomic mass is 35.5. The van der Waals surface area contributed by atoms with E-state index in [1.807, 2.05) is 38.2 Å². The minimum absolute atomic E-state index is 0. The van der Waals surface area contributed by atoms with Crippen molar-refractivity contribution in [2.24, 2.45) is 11.7 Å². The standard InChI is InChI=1S/C18H28N2O2.ClH/c1-14-7-3-6-10-17(14)22-12-11-20(2)18(21)13-15-8-4-5-9-16(15)19;/h3,6-7,10,15-16H,4-5,8-9,11-13,19H2,1-2H3;1H. The zero-order chi connectivity index (χ0) is 15.9. The van der Waals surface area contributed by atoms with Crippen LogP contribution in [0.25, 0.3) is 0 Å². The van der Waals surface area contributed by atoms with E-state index in [1.54, 1.807) is 4.90 Å². The predicted molar refractivity (Wildman–Crippen MR) is 96.1 cm³/mol. The van der Waals surface area contributed by atoms with Crippen LogP contribution in [0.5, 0.6) is 5.75 Å². The topological polar surface area (TPSA) is 55.6 Å². The molecular formula is C18H29ClN2O2. The van der Waals surface area contributed by atoms with Gasteiger partial charge in [0.05, 0.1) is 6.54 Å². The highest BCUT2D eigenvalue weighted by Gasteiger charge is 2.25. The maximum absolute atomic E-state index is 12.3. The molecule has 1 fully saturated rings. The first-order valence-corrected chi connectivity index (χ1v) is 8.26. The highest BCUT2D eigenvalue weighted by molar-refractivity contribution is 5.85. The van der Waals surface area contributed by atoms with Gasteiger partial charge in [-0.3, -0.25) is 4.79 Å². The van der Waals surface area contributed by atoms with Crippen molar-refractivity contribution in [3.8, 4) is 5.75 Å². The molecule has 0 aromatic heterocycles. The molecule has 1 aromatic rings. The molecule has 0 saturated heterocycles. The van der Waals surface area contributed by atoms with Crippen LogP contribution in [-0.4, -0.2) is 37.0 Å². The van der Waals surface area contributed by atoms with E-state index < -0.39 is 0 Å². The van der Waals surface area contributed by atoms with E-state index in [0.29, 0.717) is 25.5 Å². The molecule has 2 N–H and O–H groups in total. The molecule has 130 valence electrons. The van der Waals surface area contributed by atoms with E-state index >= 15 is 0 Å². The third kappa shape index (κ3) is 6.04. The van der Waals surface area contributed by atoms with E-state index in [9.17, 15) is 4.79 Å². The van der Waals surface area contributed by atoms with Gasteiger partial charge in [-0.1, -0.05) is 31.0 Å². The van der Waals surface area contributed by atoms with Gasteiger partial charge in [0, 0.05) is 19.5 Å². The number of amides is 1. The van der Waals surface area contributed by atoms with E-state index in [-0.39, 0.29) is 24.4 Å². The Hall–Kier alpha value is -1.26. The summed E-state index contributed by atoms with van der Waals surface area (Å²) in [5.74, 6) is 1.41. The van der Waals surface area contributed by atoms with Gasteiger partial charge in [0.25, 0.3) is 0 Å². The summed E-state index contributed by atoms with van der Waals surface area (Å²) >= 11 is 0. The van der Waals surface area contributed by atoms with Crippen LogP contribution in [0.2, 0.25) is 0 Å². The van der Waals surface area contributed by atoms with Crippen molar-refractivity contribution in [3.05, 3.63) is 29.8 Å². The van der Waals surface area contributed by atoms with Crippen LogP contribution in [0, 0.1) is 12.8 Å². The van der Waals surface area contributed by atoms with Gasteiger partial charge in [0.1, 0.15) is 12.4 Å². The van der Waals surface area contributed by atoms with E-state index in [0.717, 1.165) is 24.2 Å². The molecule has 0 radical (unpaired) electrons. The number of carbonyl (C=O) groups is 1. The Morgan fingerprint density at radius 2 is 2.00 bits per heavy atom. The number of para-hydroxylation sites is 1. The third-order valence-corrected chi connectivity index (χ3v) is 4.61. The van der Waals surface area contributed by atoms with E-state index in [2.05, 4.69) is 0 Å². The van der Waals surface area contributed by atoms with Crippen LogP contribution in [0.4, 0.5) is 0 Å². The fraction of sp³-hybridized carbons (Fsp3) is 0.611. The Morgan fingerprint density at radius 3 is 2.70 bits per heavy atom. The first-order chi connectivity index (χ1) is 10.6. The normalized spacial score (nSPS) is 20.5. The summed E-state index contributed by atoms with van der Waals surface area (Å²) < 4.78 is 5.75. The molecule has 0 aliphatic heterocycles. The van der Waals surface area contributed by atoms with Crippen LogP contribution in [-0.2, 0) is 4.79 Å². The van der Waals surface area contributed by atoms with Gasteiger partial charge in [0.15, 0.2) is 0 Å². The summed E-state index contributed by atoms with van der Waals surface area (Å²) in [5.41, 5.74) is 7.24. The van der Waals surface area contributed by atoms with E-state index in [4.69, 9.17) is 10.5 Å². The molecule has 0 heterocycles. The van der Waals surface area contributed by atoms with Crippen molar-refractivity contribution in [1.29, 1.82) is 0 Å². The number of ether oxygens (including phenoxy) is 1. The second-order valence-electron chi connectivity index (χ2n) is 6.34. The first kappa shape index (κ1) is 19.8. The number of aryl methyl sites for hydroxylation is 1. The number of halogens is 1. The molecule has 1 aliphatic rings. The lowest BCUT2D eigenvalue weighted by molar-refractivity contribution is -0.131. The van der Waals surface area contributed by atoms with Gasteiger partial charge >= 0.3 is 0 Å². The largest absolute Gasteiger partial charge is 0.491 e. The number of benzene rings is 1. The smallest absolute Gasteiger partial charge is 0.222 e. The molecule has 1 amide bonds. The Kier molecular flexibility index (Phi) is 8.42. The highest BCUT2D eigenvalue weighted by Crippen LogP contribution is 2.26. The van der Waals surface area contributed by atoms with Gasteiger partial charge < -0.3 is 15.4 Å². The SMILES string of the molecule is Cc1ccccc1OCCN(C)C(=O)CC1CCCCC1N.Cl. The average Bonchev–Trinajstić information content (AvgIpc) is 2.51. The van der Waals surface area contributed by atoms with Crippen LogP contribution in [0.15, 0.2) is 24.3 Å². The van der Waals surface area contributed by atoms with Crippen LogP contribution >= 0.6 is 12.4 Å². The van der Waals surface area contributed by atoms with Gasteiger partial charge in [-0.25, -0.2) is 0 Å². The fourth-order valence-corrected chi connectivity index (χ4v) is 3.01. The van der Waals surface area contributed by atoms with Crippen LogP contribution < -0.4 is 10.5 Å². The van der Waals surface area contributed by atoms with Gasteiger partial charge in [0.2, 0.25) is 5.91 Å². The molecule has 1 saturated carbocycles. The van der Waals surface area contributed by atoms with Crippen molar-refractivity contribution in [2.75, 3.05) is 20.2 Å². The first-order valence-electron chi connectivity index (χ1n) is 8.26. The van der Waals surface area contributed by atoms with Crippen molar-refractivity contribution in [2.45, 2.75) is 45.1 Å². The number of nitrogens with two attached hydrogens (primary N) is 1. The molecule has 1 aromatic carbocycles. The quantitative estimate of drug-likeness (QED) is 0.865. The van der Waals surface area contributed by atoms with Crippen LogP contribution in [0.1, 0.15) is 37.7 Å². The summed E-state index contributed by atoms with van der Waals surface area (Å²) in [6, 6.07) is 8.12. The van der Waals surface area contributed by atoms with Crippen molar-refractivity contribution < 1.29 is 9.53 Å². The fourth-order valence-electron chi connectivity index (χ4n) is 3.01. The molecule has 2 rings (SSSR count). The van der Waals surface area contributed by atoms with Crippen molar-refractivity contribution in [1.82, 2.24) is 4.90 Å². The molecule has 4 nitrogen and oxygen atoms in total. The number of nitrogens with zero attached hydrogens (tertiary/aromatic N) is 1. The van der Waals surface area contributed by atoms with Crippen molar-refractivity contribution in [3.63, 3.8) is 0 Å². The number of likely N-dealkylation sites (N-methyl/N-ethyl adjacent to an activating group) is 1. The molecule has 23 heavy (non-hydrogen) atoms. The van der Waals surface area contributed by atoms with E-state index in [1.165, 1.54) is 12.8 Å². The average molecular weight is 341 g/mol. The van der Waals surface area contributed by atoms with Gasteiger partial charge in [-0.2, -0.15) is 0 Å².